The van der Waals surface area contributed by atoms with Crippen molar-refractivity contribution in [3.05, 3.63) is 47.5 Å². The molecule has 1 aromatic heterocycles. The van der Waals surface area contributed by atoms with Crippen LogP contribution in [-0.4, -0.2) is 16.1 Å². The first-order chi connectivity index (χ1) is 9.60. The molecule has 2 rings (SSSR count). The van der Waals surface area contributed by atoms with E-state index in [0.717, 1.165) is 16.9 Å². The largest absolute Gasteiger partial charge is 0.330 e. The van der Waals surface area contributed by atoms with Crippen molar-refractivity contribution in [2.45, 2.75) is 26.7 Å². The van der Waals surface area contributed by atoms with Crippen molar-refractivity contribution >= 4 is 0 Å². The zero-order valence-corrected chi connectivity index (χ0v) is 12.2. The Balaban J connectivity index is 2.59. The number of hydrogen-bond acceptors (Lipinski definition) is 3. The van der Waals surface area contributed by atoms with E-state index in [1.54, 1.807) is 6.33 Å². The highest BCUT2D eigenvalue weighted by Crippen LogP contribution is 2.27. The molecule has 0 aliphatic heterocycles. The summed E-state index contributed by atoms with van der Waals surface area (Å²) in [6.07, 6.45) is 3.61. The normalized spacial score (nSPS) is 12.4. The van der Waals surface area contributed by atoms with Crippen molar-refractivity contribution in [3.8, 4) is 11.8 Å². The fourth-order valence-electron chi connectivity index (χ4n) is 2.51. The highest BCUT2D eigenvalue weighted by atomic mass is 15.1. The lowest BCUT2D eigenvalue weighted by Crippen LogP contribution is -2.20. The third kappa shape index (κ3) is 2.45. The number of aryl methyl sites for hydroxylation is 1. The lowest BCUT2D eigenvalue weighted by molar-refractivity contribution is 0.490. The number of nitrogens with zero attached hydrogens (tertiary/aromatic N) is 3. The Morgan fingerprint density at radius 1 is 1.40 bits per heavy atom. The predicted octanol–water partition coefficient (Wildman–Crippen LogP) is 2.75. The number of aromatic nitrogens is 2. The van der Waals surface area contributed by atoms with Gasteiger partial charge in [-0.1, -0.05) is 26.0 Å². The maximum absolute atomic E-state index is 9.39. The number of nitrogens with two attached hydrogens (primary N) is 1. The van der Waals surface area contributed by atoms with Crippen LogP contribution in [0.4, 0.5) is 0 Å². The monoisotopic (exact) mass is 268 g/mol. The predicted molar refractivity (Wildman–Crippen MR) is 79.6 cm³/mol. The summed E-state index contributed by atoms with van der Waals surface area (Å²) in [5, 5.41) is 9.39. The van der Waals surface area contributed by atoms with Crippen LogP contribution >= 0.6 is 0 Å². The van der Waals surface area contributed by atoms with E-state index in [2.05, 4.69) is 24.9 Å². The fraction of sp³-hybridized carbons (Fsp3) is 0.375. The van der Waals surface area contributed by atoms with Crippen LogP contribution in [0.5, 0.6) is 0 Å². The van der Waals surface area contributed by atoms with Crippen molar-refractivity contribution in [1.82, 2.24) is 9.55 Å². The van der Waals surface area contributed by atoms with Crippen LogP contribution in [0.1, 0.15) is 36.6 Å². The zero-order chi connectivity index (χ0) is 14.7. The number of benzene rings is 1. The summed E-state index contributed by atoms with van der Waals surface area (Å²) >= 11 is 0. The molecule has 0 aliphatic carbocycles. The van der Waals surface area contributed by atoms with Crippen LogP contribution in [0.25, 0.3) is 5.69 Å². The van der Waals surface area contributed by atoms with Gasteiger partial charge in [0.25, 0.3) is 0 Å². The van der Waals surface area contributed by atoms with E-state index < -0.39 is 0 Å². The average molecular weight is 268 g/mol. The summed E-state index contributed by atoms with van der Waals surface area (Å²) in [6.45, 7) is 6.81. The molecule has 1 heterocycles. The van der Waals surface area contributed by atoms with E-state index in [1.165, 1.54) is 0 Å². The molecule has 1 aromatic carbocycles. The molecule has 0 saturated carbocycles. The van der Waals surface area contributed by atoms with Crippen LogP contribution in [0.2, 0.25) is 0 Å². The fourth-order valence-corrected chi connectivity index (χ4v) is 2.51. The Morgan fingerprint density at radius 2 is 2.15 bits per heavy atom. The van der Waals surface area contributed by atoms with E-state index in [0.29, 0.717) is 18.0 Å². The average Bonchev–Trinajstić information content (AvgIpc) is 2.87. The Bertz CT molecular complexity index is 634. The van der Waals surface area contributed by atoms with E-state index in [4.69, 9.17) is 5.73 Å². The molecule has 0 bridgehead atoms. The van der Waals surface area contributed by atoms with Crippen LogP contribution in [-0.2, 0) is 0 Å². The summed E-state index contributed by atoms with van der Waals surface area (Å²) in [5.74, 6) is 0.648. The second-order valence-corrected chi connectivity index (χ2v) is 5.36. The van der Waals surface area contributed by atoms with E-state index in [-0.39, 0.29) is 5.92 Å². The topological polar surface area (TPSA) is 67.6 Å². The minimum atomic E-state index is 0.226. The first-order valence-corrected chi connectivity index (χ1v) is 6.82. The van der Waals surface area contributed by atoms with Gasteiger partial charge in [-0.3, -0.25) is 0 Å². The number of rotatable bonds is 4. The molecule has 2 N–H and O–H groups in total. The smallest absolute Gasteiger partial charge is 0.102 e. The van der Waals surface area contributed by atoms with Gasteiger partial charge in [0.2, 0.25) is 0 Å². The molecular weight excluding hydrogens is 248 g/mol. The summed E-state index contributed by atoms with van der Waals surface area (Å²) in [7, 11) is 0. The van der Waals surface area contributed by atoms with Crippen molar-refractivity contribution < 1.29 is 0 Å². The molecule has 1 unspecified atom stereocenters. The molecule has 20 heavy (non-hydrogen) atoms. The third-order valence-electron chi connectivity index (χ3n) is 3.73. The second kappa shape index (κ2) is 5.89. The molecule has 0 spiro atoms. The Hall–Kier alpha value is -2.12. The van der Waals surface area contributed by atoms with Crippen molar-refractivity contribution in [2.75, 3.05) is 6.54 Å². The molecule has 1 atom stereocenters. The lowest BCUT2D eigenvalue weighted by Gasteiger charge is -2.21. The molecular formula is C16H20N4. The molecule has 0 amide bonds. The SMILES string of the molecule is Cc1cccc(-n2cncc2C(CN)C(C)C)c1C#N. The van der Waals surface area contributed by atoms with Gasteiger partial charge in [-0.15, -0.1) is 0 Å². The second-order valence-electron chi connectivity index (χ2n) is 5.36. The molecule has 0 aliphatic rings. The van der Waals surface area contributed by atoms with Gasteiger partial charge in [-0.2, -0.15) is 5.26 Å². The lowest BCUT2D eigenvalue weighted by atomic mass is 9.92. The van der Waals surface area contributed by atoms with Gasteiger partial charge in [-0.25, -0.2) is 4.98 Å². The van der Waals surface area contributed by atoms with Crippen molar-refractivity contribution in [2.24, 2.45) is 11.7 Å². The Labute approximate surface area is 119 Å². The zero-order valence-electron chi connectivity index (χ0n) is 12.2. The maximum Gasteiger partial charge on any atom is 0.102 e. The molecule has 4 nitrogen and oxygen atoms in total. The van der Waals surface area contributed by atoms with Crippen LogP contribution < -0.4 is 5.73 Å². The number of imidazole rings is 1. The van der Waals surface area contributed by atoms with E-state index >= 15 is 0 Å². The van der Waals surface area contributed by atoms with Gasteiger partial charge < -0.3 is 10.3 Å². The summed E-state index contributed by atoms with van der Waals surface area (Å²) in [5.41, 5.74) is 9.50. The molecule has 4 heteroatoms. The Morgan fingerprint density at radius 3 is 2.75 bits per heavy atom. The van der Waals surface area contributed by atoms with E-state index in [1.807, 2.05) is 35.9 Å². The molecule has 0 saturated heterocycles. The van der Waals surface area contributed by atoms with Gasteiger partial charge in [0, 0.05) is 24.4 Å². The molecule has 0 fully saturated rings. The highest BCUT2D eigenvalue weighted by molar-refractivity contribution is 5.53. The van der Waals surface area contributed by atoms with Gasteiger partial charge in [0.15, 0.2) is 0 Å². The van der Waals surface area contributed by atoms with Gasteiger partial charge in [0.05, 0.1) is 17.6 Å². The maximum atomic E-state index is 9.39. The number of nitriles is 1. The summed E-state index contributed by atoms with van der Waals surface area (Å²) < 4.78 is 1.99. The Kier molecular flexibility index (Phi) is 4.21. The minimum absolute atomic E-state index is 0.226. The van der Waals surface area contributed by atoms with Crippen LogP contribution in [0, 0.1) is 24.2 Å². The highest BCUT2D eigenvalue weighted by Gasteiger charge is 2.20. The van der Waals surface area contributed by atoms with Crippen LogP contribution in [0.15, 0.2) is 30.7 Å². The molecule has 104 valence electrons. The molecule has 0 radical (unpaired) electrons. The summed E-state index contributed by atoms with van der Waals surface area (Å²) in [6, 6.07) is 8.14. The van der Waals surface area contributed by atoms with Crippen molar-refractivity contribution in [3.63, 3.8) is 0 Å². The van der Waals surface area contributed by atoms with Gasteiger partial charge in [0.1, 0.15) is 6.07 Å². The molecule has 2 aromatic rings. The van der Waals surface area contributed by atoms with Crippen molar-refractivity contribution in [1.29, 1.82) is 5.26 Å². The first kappa shape index (κ1) is 14.3. The van der Waals surface area contributed by atoms with Gasteiger partial charge >= 0.3 is 0 Å². The number of hydrogen-bond donors (Lipinski definition) is 1. The van der Waals surface area contributed by atoms with Gasteiger partial charge in [-0.05, 0) is 24.5 Å². The third-order valence-corrected chi connectivity index (χ3v) is 3.73. The standard InChI is InChI=1S/C16H20N4/c1-11(2)13(7-17)16-9-19-10-20(16)15-6-4-5-12(3)14(15)8-18/h4-6,9-11,13H,7,17H2,1-3H3. The first-order valence-electron chi connectivity index (χ1n) is 6.82. The van der Waals surface area contributed by atoms with E-state index in [9.17, 15) is 5.26 Å². The summed E-state index contributed by atoms with van der Waals surface area (Å²) in [4.78, 5) is 4.25. The minimum Gasteiger partial charge on any atom is -0.330 e. The quantitative estimate of drug-likeness (QED) is 0.927. The van der Waals surface area contributed by atoms with Crippen LogP contribution in [0.3, 0.4) is 0 Å².